The molecule has 1 amide bonds. The average molecular weight is 227 g/mol. The summed E-state index contributed by atoms with van der Waals surface area (Å²) in [5, 5.41) is 2.58. The molecule has 0 atom stereocenters. The van der Waals surface area contributed by atoms with Crippen molar-refractivity contribution in [2.45, 2.75) is 52.1 Å². The molecule has 0 aromatic rings. The fraction of sp³-hybridized carbons (Fsp3) is 0.833. The average Bonchev–Trinajstić information content (AvgIpc) is 2.84. The number of nitrogens with one attached hydrogen (secondary N) is 1. The summed E-state index contributed by atoms with van der Waals surface area (Å²) in [5.74, 6) is 0.854. The number of hydrogen-bond donors (Lipinski definition) is 1. The van der Waals surface area contributed by atoms with Crippen LogP contribution in [0.4, 0.5) is 4.79 Å². The molecule has 1 rings (SSSR count). The van der Waals surface area contributed by atoms with E-state index in [1.807, 2.05) is 20.8 Å². The summed E-state index contributed by atoms with van der Waals surface area (Å²) in [4.78, 5) is 22.6. The number of hydrogen-bond acceptors (Lipinski definition) is 3. The molecule has 92 valence electrons. The van der Waals surface area contributed by atoms with Gasteiger partial charge < -0.3 is 10.1 Å². The van der Waals surface area contributed by atoms with Crippen molar-refractivity contribution < 1.29 is 14.3 Å². The predicted molar refractivity (Wildman–Crippen MR) is 61.2 cm³/mol. The van der Waals surface area contributed by atoms with Gasteiger partial charge in [-0.1, -0.05) is 0 Å². The molecule has 0 aromatic carbocycles. The zero-order valence-electron chi connectivity index (χ0n) is 10.3. The highest BCUT2D eigenvalue weighted by Crippen LogP contribution is 2.32. The third-order valence-electron chi connectivity index (χ3n) is 2.29. The minimum Gasteiger partial charge on any atom is -0.444 e. The van der Waals surface area contributed by atoms with Crippen LogP contribution in [0.25, 0.3) is 0 Å². The molecule has 0 spiro atoms. The lowest BCUT2D eigenvalue weighted by atomic mass is 10.1. The Balaban J connectivity index is 2.05. The highest BCUT2D eigenvalue weighted by molar-refractivity contribution is 5.79. The van der Waals surface area contributed by atoms with E-state index in [-0.39, 0.29) is 5.78 Å². The van der Waals surface area contributed by atoms with Gasteiger partial charge in [-0.25, -0.2) is 4.79 Å². The maximum atomic E-state index is 11.4. The van der Waals surface area contributed by atoms with E-state index in [1.54, 1.807) is 0 Å². The van der Waals surface area contributed by atoms with E-state index >= 15 is 0 Å². The zero-order chi connectivity index (χ0) is 12.2. The molecule has 0 aliphatic heterocycles. The number of Topliss-reactive ketones (excluding diaryl/α,β-unsaturated/α-hetero) is 1. The Morgan fingerprint density at radius 3 is 2.44 bits per heavy atom. The van der Waals surface area contributed by atoms with Crippen molar-refractivity contribution in [1.29, 1.82) is 0 Å². The first-order chi connectivity index (χ1) is 7.37. The molecule has 1 N–H and O–H groups in total. The molecule has 1 saturated carbocycles. The minimum absolute atomic E-state index is 0.235. The van der Waals surface area contributed by atoms with Crippen LogP contribution in [0.3, 0.4) is 0 Å². The number of ketones is 1. The van der Waals surface area contributed by atoms with Crippen LogP contribution in [0.5, 0.6) is 0 Å². The monoisotopic (exact) mass is 227 g/mol. The second-order valence-corrected chi connectivity index (χ2v) is 5.36. The topological polar surface area (TPSA) is 55.4 Å². The first-order valence-corrected chi connectivity index (χ1v) is 5.85. The molecule has 4 heteroatoms. The molecule has 16 heavy (non-hydrogen) atoms. The van der Waals surface area contributed by atoms with E-state index in [9.17, 15) is 9.59 Å². The number of carbonyl (C=O) groups is 2. The zero-order valence-corrected chi connectivity index (χ0v) is 10.3. The van der Waals surface area contributed by atoms with Gasteiger partial charge in [-0.05, 0) is 39.5 Å². The molecule has 0 bridgehead atoms. The molecular formula is C12H21NO3. The van der Waals surface area contributed by atoms with Gasteiger partial charge in [-0.15, -0.1) is 0 Å². The minimum atomic E-state index is -0.484. The number of ether oxygens (including phenoxy) is 1. The van der Waals surface area contributed by atoms with Gasteiger partial charge in [0.15, 0.2) is 0 Å². The Bertz CT molecular complexity index is 264. The molecule has 4 nitrogen and oxygen atoms in total. The summed E-state index contributed by atoms with van der Waals surface area (Å²) in [6.07, 6.45) is 3.01. The van der Waals surface area contributed by atoms with Crippen molar-refractivity contribution in [2.75, 3.05) is 6.54 Å². The third-order valence-corrected chi connectivity index (χ3v) is 2.29. The van der Waals surface area contributed by atoms with Gasteiger partial charge in [0.25, 0.3) is 0 Å². The van der Waals surface area contributed by atoms with Crippen molar-refractivity contribution in [2.24, 2.45) is 5.92 Å². The second-order valence-electron chi connectivity index (χ2n) is 5.36. The Kier molecular flexibility index (Phi) is 4.33. The Labute approximate surface area is 96.7 Å². The summed E-state index contributed by atoms with van der Waals surface area (Å²) in [5.41, 5.74) is -0.484. The number of alkyl carbamates (subject to hydrolysis) is 1. The Morgan fingerprint density at radius 2 is 1.94 bits per heavy atom. The molecule has 1 fully saturated rings. The maximum absolute atomic E-state index is 11.4. The molecular weight excluding hydrogens is 206 g/mol. The highest BCUT2D eigenvalue weighted by Gasteiger charge is 2.24. The van der Waals surface area contributed by atoms with Crippen LogP contribution < -0.4 is 5.32 Å². The predicted octanol–water partition coefficient (Wildman–Crippen LogP) is 2.27. The van der Waals surface area contributed by atoms with Crippen LogP contribution in [0.2, 0.25) is 0 Å². The first-order valence-electron chi connectivity index (χ1n) is 5.85. The molecule has 0 radical (unpaired) electrons. The number of amides is 1. The van der Waals surface area contributed by atoms with Crippen molar-refractivity contribution in [3.8, 4) is 0 Å². The van der Waals surface area contributed by atoms with Gasteiger partial charge >= 0.3 is 6.09 Å². The van der Waals surface area contributed by atoms with Crippen LogP contribution in [0.1, 0.15) is 46.5 Å². The second kappa shape index (κ2) is 5.32. The molecule has 0 saturated heterocycles. The first kappa shape index (κ1) is 13.0. The lowest BCUT2D eigenvalue weighted by Crippen LogP contribution is -2.33. The summed E-state index contributed by atoms with van der Waals surface area (Å²) >= 11 is 0. The van der Waals surface area contributed by atoms with Gasteiger partial charge in [0.2, 0.25) is 0 Å². The normalized spacial score (nSPS) is 15.7. The van der Waals surface area contributed by atoms with Gasteiger partial charge in [-0.2, -0.15) is 0 Å². The molecule has 0 heterocycles. The quantitative estimate of drug-likeness (QED) is 0.783. The van der Waals surface area contributed by atoms with E-state index in [4.69, 9.17) is 4.74 Å². The van der Waals surface area contributed by atoms with Crippen LogP contribution in [-0.4, -0.2) is 24.0 Å². The van der Waals surface area contributed by atoms with Crippen LogP contribution in [0, 0.1) is 5.92 Å². The van der Waals surface area contributed by atoms with Gasteiger partial charge in [-0.3, -0.25) is 4.79 Å². The van der Waals surface area contributed by atoms with Gasteiger partial charge in [0, 0.05) is 19.4 Å². The fourth-order valence-electron chi connectivity index (χ4n) is 1.36. The molecule has 0 unspecified atom stereocenters. The standard InChI is InChI=1S/C12H21NO3/c1-12(2,3)16-11(15)13-7-6-10(14)8-9-4-5-9/h9H,4-8H2,1-3H3,(H,13,15). The van der Waals surface area contributed by atoms with Crippen molar-refractivity contribution in [3.63, 3.8) is 0 Å². The summed E-state index contributed by atoms with van der Waals surface area (Å²) in [7, 11) is 0. The Morgan fingerprint density at radius 1 is 1.31 bits per heavy atom. The van der Waals surface area contributed by atoms with Gasteiger partial charge in [0.05, 0.1) is 0 Å². The van der Waals surface area contributed by atoms with E-state index in [0.29, 0.717) is 25.3 Å². The van der Waals surface area contributed by atoms with Crippen LogP contribution >= 0.6 is 0 Å². The van der Waals surface area contributed by atoms with Crippen molar-refractivity contribution >= 4 is 11.9 Å². The smallest absolute Gasteiger partial charge is 0.407 e. The fourth-order valence-corrected chi connectivity index (χ4v) is 1.36. The number of carbonyl (C=O) groups excluding carboxylic acids is 2. The van der Waals surface area contributed by atoms with Crippen molar-refractivity contribution in [3.05, 3.63) is 0 Å². The molecule has 1 aliphatic carbocycles. The lowest BCUT2D eigenvalue weighted by molar-refractivity contribution is -0.119. The van der Waals surface area contributed by atoms with Gasteiger partial charge in [0.1, 0.15) is 11.4 Å². The van der Waals surface area contributed by atoms with Crippen LogP contribution in [0.15, 0.2) is 0 Å². The summed E-state index contributed by atoms with van der Waals surface area (Å²) in [6, 6.07) is 0. The summed E-state index contributed by atoms with van der Waals surface area (Å²) < 4.78 is 5.05. The largest absolute Gasteiger partial charge is 0.444 e. The van der Waals surface area contributed by atoms with E-state index in [1.165, 1.54) is 12.8 Å². The Hall–Kier alpha value is -1.06. The molecule has 1 aliphatic rings. The third kappa shape index (κ3) is 6.43. The van der Waals surface area contributed by atoms with E-state index in [0.717, 1.165) is 0 Å². The molecule has 0 aromatic heterocycles. The highest BCUT2D eigenvalue weighted by atomic mass is 16.6. The lowest BCUT2D eigenvalue weighted by Gasteiger charge is -2.19. The summed E-state index contributed by atoms with van der Waals surface area (Å²) in [6.45, 7) is 5.81. The SMILES string of the molecule is CC(C)(C)OC(=O)NCCC(=O)CC1CC1. The van der Waals surface area contributed by atoms with Crippen molar-refractivity contribution in [1.82, 2.24) is 5.32 Å². The maximum Gasteiger partial charge on any atom is 0.407 e. The van der Waals surface area contributed by atoms with Crippen LogP contribution in [-0.2, 0) is 9.53 Å². The number of rotatable bonds is 5. The van der Waals surface area contributed by atoms with E-state index < -0.39 is 11.7 Å². The van der Waals surface area contributed by atoms with E-state index in [2.05, 4.69) is 5.32 Å².